The van der Waals surface area contributed by atoms with Gasteiger partial charge in [0.15, 0.2) is 5.60 Å². The van der Waals surface area contributed by atoms with E-state index in [2.05, 4.69) is 39.7 Å². The minimum absolute atomic E-state index is 0.197. The van der Waals surface area contributed by atoms with Crippen LogP contribution in [0.5, 0.6) is 0 Å². The van der Waals surface area contributed by atoms with E-state index in [1.807, 2.05) is 26.8 Å². The molecule has 0 aromatic heterocycles. The largest absolute Gasteiger partial charge is 0.433 e. The molecule has 0 unspecified atom stereocenters. The van der Waals surface area contributed by atoms with E-state index < -0.39 is 11.9 Å². The summed E-state index contributed by atoms with van der Waals surface area (Å²) >= 11 is 2.23. The number of halogens is 1. The number of rotatable bonds is 4. The molecule has 0 spiro atoms. The van der Waals surface area contributed by atoms with E-state index in [1.165, 1.54) is 5.57 Å². The normalized spacial score (nSPS) is 29.1. The summed E-state index contributed by atoms with van der Waals surface area (Å²) in [5.74, 6) is -0.266. The number of carbonyl (C=O) groups excluding carboxylic acids is 1. The van der Waals surface area contributed by atoms with Crippen LogP contribution in [0.2, 0.25) is 0 Å². The second-order valence-electron chi connectivity index (χ2n) is 6.29. The lowest BCUT2D eigenvalue weighted by Crippen LogP contribution is -2.33. The van der Waals surface area contributed by atoms with Crippen LogP contribution < -0.4 is 0 Å². The number of hydrogen-bond acceptors (Lipinski definition) is 3. The zero-order valence-electron chi connectivity index (χ0n) is 12.3. The molecule has 1 heterocycles. The molecule has 1 saturated heterocycles. The predicted octanol–water partition coefficient (Wildman–Crippen LogP) is 4.37. The highest BCUT2D eigenvalue weighted by Crippen LogP contribution is 2.36. The molecule has 1 aliphatic heterocycles. The van der Waals surface area contributed by atoms with Gasteiger partial charge in [-0.2, -0.15) is 0 Å². The van der Waals surface area contributed by atoms with Crippen LogP contribution in [0.3, 0.4) is 0 Å². The van der Waals surface area contributed by atoms with E-state index in [4.69, 9.17) is 9.47 Å². The molecule has 0 amide bonds. The molecule has 0 saturated carbocycles. The number of hydrogen-bond donors (Lipinski definition) is 0. The highest BCUT2D eigenvalue weighted by molar-refractivity contribution is 14.1. The van der Waals surface area contributed by atoms with Gasteiger partial charge < -0.3 is 9.47 Å². The molecule has 0 aliphatic carbocycles. The fourth-order valence-corrected chi connectivity index (χ4v) is 1.89. The summed E-state index contributed by atoms with van der Waals surface area (Å²) in [5.41, 5.74) is 0.248. The molecular formula is C15H23IO3. The van der Waals surface area contributed by atoms with Gasteiger partial charge in [-0.05, 0) is 24.4 Å². The Morgan fingerprint density at radius 2 is 2.05 bits per heavy atom. The summed E-state index contributed by atoms with van der Waals surface area (Å²) in [6.45, 7) is 9.88. The first kappa shape index (κ1) is 16.7. The number of ether oxygens (including phenoxy) is 2. The molecule has 4 heteroatoms. The lowest BCUT2D eigenvalue weighted by atomic mass is 9.96. The Morgan fingerprint density at radius 1 is 1.42 bits per heavy atom. The third-order valence-corrected chi connectivity index (χ3v) is 4.08. The average Bonchev–Trinajstić information content (AvgIpc) is 2.61. The number of cyclic esters (lactones) is 1. The SMILES string of the molecule is C/C(=C\I)C/C=C\C[C@]1(C)O[C@@H](C(C)(C)C)OC1=O. The molecule has 1 fully saturated rings. The maximum Gasteiger partial charge on any atom is 0.340 e. The van der Waals surface area contributed by atoms with Crippen LogP contribution in [-0.4, -0.2) is 17.9 Å². The maximum atomic E-state index is 11.9. The molecule has 108 valence electrons. The van der Waals surface area contributed by atoms with E-state index in [9.17, 15) is 4.79 Å². The van der Waals surface area contributed by atoms with Crippen molar-refractivity contribution in [2.24, 2.45) is 5.41 Å². The molecule has 0 aromatic carbocycles. The van der Waals surface area contributed by atoms with Crippen LogP contribution >= 0.6 is 22.6 Å². The van der Waals surface area contributed by atoms with Crippen LogP contribution in [0, 0.1) is 5.41 Å². The standard InChI is InChI=1S/C15H23IO3/c1-11(10-16)8-6-7-9-15(5)12(17)18-13(19-15)14(2,3)4/h6-7,10,13H,8-9H2,1-5H3/b7-6-,11-10+/t13-,15-/m0/s1. The summed E-state index contributed by atoms with van der Waals surface area (Å²) in [7, 11) is 0. The molecule has 0 aromatic rings. The minimum Gasteiger partial charge on any atom is -0.433 e. The molecule has 2 atom stereocenters. The number of allylic oxidation sites excluding steroid dienone is 2. The van der Waals surface area contributed by atoms with Crippen molar-refractivity contribution in [1.82, 2.24) is 0 Å². The Hall–Kier alpha value is -0.360. The van der Waals surface area contributed by atoms with E-state index in [-0.39, 0.29) is 11.4 Å². The van der Waals surface area contributed by atoms with Crippen molar-refractivity contribution in [1.29, 1.82) is 0 Å². The third kappa shape index (κ3) is 4.60. The first-order valence-corrected chi connectivity index (χ1v) is 7.73. The predicted molar refractivity (Wildman–Crippen MR) is 85.0 cm³/mol. The summed E-state index contributed by atoms with van der Waals surface area (Å²) in [6.07, 6.45) is 5.05. The zero-order valence-corrected chi connectivity index (χ0v) is 14.5. The van der Waals surface area contributed by atoms with E-state index >= 15 is 0 Å². The molecule has 0 radical (unpaired) electrons. The zero-order chi connectivity index (χ0) is 14.7. The first-order valence-electron chi connectivity index (χ1n) is 6.49. The Labute approximate surface area is 129 Å². The molecule has 19 heavy (non-hydrogen) atoms. The van der Waals surface area contributed by atoms with Crippen LogP contribution in [0.1, 0.15) is 47.5 Å². The minimum atomic E-state index is -0.851. The fraction of sp³-hybridized carbons (Fsp3) is 0.667. The van der Waals surface area contributed by atoms with Gasteiger partial charge >= 0.3 is 5.97 Å². The quantitative estimate of drug-likeness (QED) is 0.414. The Morgan fingerprint density at radius 3 is 2.53 bits per heavy atom. The van der Waals surface area contributed by atoms with Crippen molar-refractivity contribution in [3.63, 3.8) is 0 Å². The molecule has 0 bridgehead atoms. The summed E-state index contributed by atoms with van der Waals surface area (Å²) in [4.78, 5) is 11.9. The first-order chi connectivity index (χ1) is 8.69. The Kier molecular flexibility index (Phi) is 5.62. The van der Waals surface area contributed by atoms with Crippen LogP contribution in [0.4, 0.5) is 0 Å². The van der Waals surface area contributed by atoms with Crippen molar-refractivity contribution in [2.75, 3.05) is 0 Å². The molecule has 3 nitrogen and oxygen atoms in total. The van der Waals surface area contributed by atoms with Gasteiger partial charge in [0.1, 0.15) is 0 Å². The third-order valence-electron chi connectivity index (χ3n) is 3.02. The topological polar surface area (TPSA) is 35.5 Å². The highest BCUT2D eigenvalue weighted by Gasteiger charge is 2.49. The van der Waals surface area contributed by atoms with E-state index in [0.717, 1.165) is 6.42 Å². The lowest BCUT2D eigenvalue weighted by Gasteiger charge is -2.25. The number of carbonyl (C=O) groups is 1. The number of esters is 1. The van der Waals surface area contributed by atoms with Gasteiger partial charge in [-0.15, -0.1) is 0 Å². The monoisotopic (exact) mass is 378 g/mol. The molecular weight excluding hydrogens is 355 g/mol. The van der Waals surface area contributed by atoms with Crippen molar-refractivity contribution in [3.8, 4) is 0 Å². The van der Waals surface area contributed by atoms with Gasteiger partial charge in [0.25, 0.3) is 0 Å². The molecule has 1 rings (SSSR count). The summed E-state index contributed by atoms with van der Waals surface area (Å²) in [5, 5.41) is 0. The van der Waals surface area contributed by atoms with Gasteiger partial charge in [-0.1, -0.05) is 61.1 Å². The van der Waals surface area contributed by atoms with Crippen LogP contribution in [-0.2, 0) is 14.3 Å². The van der Waals surface area contributed by atoms with E-state index in [0.29, 0.717) is 6.42 Å². The fourth-order valence-electron chi connectivity index (χ4n) is 1.64. The van der Waals surface area contributed by atoms with Crippen molar-refractivity contribution >= 4 is 28.6 Å². The average molecular weight is 378 g/mol. The van der Waals surface area contributed by atoms with Gasteiger partial charge in [-0.3, -0.25) is 0 Å². The van der Waals surface area contributed by atoms with Gasteiger partial charge in [0.2, 0.25) is 6.29 Å². The second-order valence-corrected chi connectivity index (χ2v) is 6.91. The van der Waals surface area contributed by atoms with Crippen LogP contribution in [0.15, 0.2) is 21.8 Å². The highest BCUT2D eigenvalue weighted by atomic mass is 127. The van der Waals surface area contributed by atoms with Crippen molar-refractivity contribution in [2.45, 2.75) is 59.4 Å². The Bertz CT molecular complexity index is 393. The van der Waals surface area contributed by atoms with Gasteiger partial charge in [0.05, 0.1) is 0 Å². The van der Waals surface area contributed by atoms with Gasteiger partial charge in [0, 0.05) is 11.8 Å². The summed E-state index contributed by atoms with van der Waals surface area (Å²) < 4.78 is 13.2. The molecule has 1 aliphatic rings. The van der Waals surface area contributed by atoms with Gasteiger partial charge in [-0.25, -0.2) is 4.79 Å². The lowest BCUT2D eigenvalue weighted by molar-refractivity contribution is -0.155. The molecule has 0 N–H and O–H groups in total. The summed E-state index contributed by atoms with van der Waals surface area (Å²) in [6, 6.07) is 0. The van der Waals surface area contributed by atoms with E-state index in [1.54, 1.807) is 6.92 Å². The Balaban J connectivity index is 2.60. The second kappa shape index (κ2) is 6.39. The smallest absolute Gasteiger partial charge is 0.340 e. The van der Waals surface area contributed by atoms with Crippen LogP contribution in [0.25, 0.3) is 0 Å². The maximum absolute atomic E-state index is 11.9. The van der Waals surface area contributed by atoms with Crippen molar-refractivity contribution < 1.29 is 14.3 Å². The van der Waals surface area contributed by atoms with Crippen molar-refractivity contribution in [3.05, 3.63) is 21.8 Å².